The molecule has 2 heterocycles. The second-order valence-electron chi connectivity index (χ2n) is 5.24. The molecule has 1 amide bonds. The first-order valence-electron chi connectivity index (χ1n) is 7.12. The van der Waals surface area contributed by atoms with Crippen LogP contribution in [0, 0.1) is 0 Å². The van der Waals surface area contributed by atoms with Gasteiger partial charge in [-0.1, -0.05) is 12.1 Å². The van der Waals surface area contributed by atoms with Gasteiger partial charge in [-0.05, 0) is 58.3 Å². The lowest BCUT2D eigenvalue weighted by atomic mass is 10.1. The lowest BCUT2D eigenvalue weighted by Gasteiger charge is -2.07. The summed E-state index contributed by atoms with van der Waals surface area (Å²) in [4.78, 5) is 15.7. The second kappa shape index (κ2) is 5.37. The third-order valence-electron chi connectivity index (χ3n) is 3.81. The molecular weight excluding hydrogens is 306 g/mol. The Labute approximate surface area is 136 Å². The Morgan fingerprint density at radius 2 is 2.00 bits per heavy atom. The summed E-state index contributed by atoms with van der Waals surface area (Å²) in [5.74, 6) is -0.444. The minimum absolute atomic E-state index is 0.444. The molecule has 2 N–H and O–H groups in total. The van der Waals surface area contributed by atoms with Crippen LogP contribution < -0.4 is 5.73 Å². The summed E-state index contributed by atoms with van der Waals surface area (Å²) in [6.07, 6.45) is 1.77. The topological polar surface area (TPSA) is 60.9 Å². The molecule has 0 saturated heterocycles. The van der Waals surface area contributed by atoms with Crippen LogP contribution >= 0.6 is 11.3 Å². The van der Waals surface area contributed by atoms with Crippen molar-refractivity contribution in [3.05, 3.63) is 71.2 Å². The van der Waals surface area contributed by atoms with Crippen LogP contribution in [-0.4, -0.2) is 15.5 Å². The summed E-state index contributed by atoms with van der Waals surface area (Å²) >= 11 is 1.68. The number of imidazole rings is 1. The van der Waals surface area contributed by atoms with Crippen LogP contribution in [0.3, 0.4) is 0 Å². The largest absolute Gasteiger partial charge is 0.366 e. The number of nitrogens with zero attached hydrogens (tertiary/aromatic N) is 2. The first-order chi connectivity index (χ1) is 11.2. The number of fused-ring (bicyclic) bond motifs is 1. The summed E-state index contributed by atoms with van der Waals surface area (Å²) in [5, 5.41) is 4.20. The molecule has 0 atom stereocenters. The molecule has 2 aromatic heterocycles. The number of hydrogen-bond acceptors (Lipinski definition) is 3. The third kappa shape index (κ3) is 2.41. The van der Waals surface area contributed by atoms with Crippen LogP contribution in [0.2, 0.25) is 0 Å². The van der Waals surface area contributed by atoms with E-state index < -0.39 is 5.91 Å². The zero-order valence-corrected chi connectivity index (χ0v) is 13.0. The molecule has 23 heavy (non-hydrogen) atoms. The first kappa shape index (κ1) is 13.7. The van der Waals surface area contributed by atoms with Gasteiger partial charge in [0, 0.05) is 11.3 Å². The van der Waals surface area contributed by atoms with E-state index >= 15 is 0 Å². The van der Waals surface area contributed by atoms with Crippen molar-refractivity contribution < 1.29 is 4.79 Å². The third-order valence-corrected chi connectivity index (χ3v) is 4.49. The molecule has 4 nitrogen and oxygen atoms in total. The van der Waals surface area contributed by atoms with Crippen molar-refractivity contribution in [2.45, 2.75) is 0 Å². The summed E-state index contributed by atoms with van der Waals surface area (Å²) in [6, 6.07) is 15.7. The van der Waals surface area contributed by atoms with Crippen LogP contribution in [-0.2, 0) is 0 Å². The Balaban J connectivity index is 1.83. The van der Waals surface area contributed by atoms with Crippen LogP contribution in [0.1, 0.15) is 10.4 Å². The van der Waals surface area contributed by atoms with Gasteiger partial charge in [-0.25, -0.2) is 4.98 Å². The van der Waals surface area contributed by atoms with Crippen LogP contribution in [0.5, 0.6) is 0 Å². The minimum atomic E-state index is -0.444. The normalized spacial score (nSPS) is 11.0. The average molecular weight is 319 g/mol. The molecule has 0 aliphatic heterocycles. The fourth-order valence-electron chi connectivity index (χ4n) is 2.64. The Hall–Kier alpha value is -2.92. The van der Waals surface area contributed by atoms with E-state index in [4.69, 9.17) is 5.73 Å². The first-order valence-corrected chi connectivity index (χ1v) is 8.06. The molecule has 0 bridgehead atoms. The van der Waals surface area contributed by atoms with E-state index in [0.29, 0.717) is 5.56 Å². The monoisotopic (exact) mass is 319 g/mol. The van der Waals surface area contributed by atoms with Crippen molar-refractivity contribution in [1.29, 1.82) is 0 Å². The number of nitrogens with two attached hydrogens (primary N) is 1. The Morgan fingerprint density at radius 3 is 2.78 bits per heavy atom. The zero-order chi connectivity index (χ0) is 15.8. The number of primary amides is 1. The van der Waals surface area contributed by atoms with E-state index in [1.165, 1.54) is 11.1 Å². The van der Waals surface area contributed by atoms with E-state index in [1.54, 1.807) is 29.8 Å². The number of hydrogen-bond donors (Lipinski definition) is 1. The average Bonchev–Trinajstić information content (AvgIpc) is 3.24. The SMILES string of the molecule is NC(=O)c1ccc2c(c1)ncn2-c1cccc(-c2ccsc2)c1. The van der Waals surface area contributed by atoms with Gasteiger partial charge >= 0.3 is 0 Å². The highest BCUT2D eigenvalue weighted by Gasteiger charge is 2.09. The van der Waals surface area contributed by atoms with Crippen molar-refractivity contribution in [2.24, 2.45) is 5.73 Å². The van der Waals surface area contributed by atoms with Gasteiger partial charge in [-0.2, -0.15) is 11.3 Å². The minimum Gasteiger partial charge on any atom is -0.366 e. The van der Waals surface area contributed by atoms with Crippen LogP contribution in [0.4, 0.5) is 0 Å². The van der Waals surface area contributed by atoms with Crippen LogP contribution in [0.15, 0.2) is 65.6 Å². The van der Waals surface area contributed by atoms with Gasteiger partial charge in [-0.15, -0.1) is 0 Å². The smallest absolute Gasteiger partial charge is 0.248 e. The molecule has 4 rings (SSSR count). The molecule has 0 unspecified atom stereocenters. The number of aromatic nitrogens is 2. The highest BCUT2D eigenvalue weighted by Crippen LogP contribution is 2.26. The maximum atomic E-state index is 11.3. The molecule has 0 radical (unpaired) electrons. The number of carbonyl (C=O) groups is 1. The molecule has 0 aliphatic carbocycles. The van der Waals surface area contributed by atoms with E-state index in [-0.39, 0.29) is 0 Å². The van der Waals surface area contributed by atoms with Crippen molar-refractivity contribution in [3.8, 4) is 16.8 Å². The van der Waals surface area contributed by atoms with Gasteiger partial charge in [0.25, 0.3) is 0 Å². The van der Waals surface area contributed by atoms with Gasteiger partial charge < -0.3 is 5.73 Å². The number of carbonyl (C=O) groups excluding carboxylic acids is 1. The summed E-state index contributed by atoms with van der Waals surface area (Å²) < 4.78 is 2.01. The van der Waals surface area contributed by atoms with E-state index in [9.17, 15) is 4.79 Å². The highest BCUT2D eigenvalue weighted by atomic mass is 32.1. The van der Waals surface area contributed by atoms with Gasteiger partial charge in [0.2, 0.25) is 5.91 Å². The van der Waals surface area contributed by atoms with Gasteiger partial charge in [-0.3, -0.25) is 9.36 Å². The second-order valence-corrected chi connectivity index (χ2v) is 6.02. The van der Waals surface area contributed by atoms with Gasteiger partial charge in [0.15, 0.2) is 0 Å². The van der Waals surface area contributed by atoms with Gasteiger partial charge in [0.1, 0.15) is 6.33 Å². The molecule has 0 fully saturated rings. The molecule has 0 saturated carbocycles. The van der Waals surface area contributed by atoms with Crippen molar-refractivity contribution in [1.82, 2.24) is 9.55 Å². The molecule has 5 heteroatoms. The Morgan fingerprint density at radius 1 is 1.09 bits per heavy atom. The molecule has 0 spiro atoms. The number of rotatable bonds is 3. The zero-order valence-electron chi connectivity index (χ0n) is 12.1. The van der Waals surface area contributed by atoms with E-state index in [2.05, 4.69) is 33.9 Å². The maximum Gasteiger partial charge on any atom is 0.248 e. The van der Waals surface area contributed by atoms with Crippen molar-refractivity contribution in [2.75, 3.05) is 0 Å². The standard InChI is InChI=1S/C18H13N3OS/c19-18(22)13-4-5-17-16(9-13)20-11-21(17)15-3-1-2-12(8-15)14-6-7-23-10-14/h1-11H,(H2,19,22). The molecule has 112 valence electrons. The summed E-state index contributed by atoms with van der Waals surface area (Å²) in [7, 11) is 0. The molecule has 2 aromatic carbocycles. The number of thiophene rings is 1. The Kier molecular flexibility index (Phi) is 3.20. The van der Waals surface area contributed by atoms with Crippen molar-refractivity contribution in [3.63, 3.8) is 0 Å². The summed E-state index contributed by atoms with van der Waals surface area (Å²) in [5.41, 5.74) is 10.9. The predicted molar refractivity (Wildman–Crippen MR) is 92.9 cm³/mol. The molecule has 4 aromatic rings. The van der Waals surface area contributed by atoms with Gasteiger partial charge in [0.05, 0.1) is 11.0 Å². The number of amides is 1. The lowest BCUT2D eigenvalue weighted by molar-refractivity contribution is 0.100. The maximum absolute atomic E-state index is 11.3. The number of benzene rings is 2. The van der Waals surface area contributed by atoms with Crippen LogP contribution in [0.25, 0.3) is 27.8 Å². The quantitative estimate of drug-likeness (QED) is 0.623. The summed E-state index contributed by atoms with van der Waals surface area (Å²) in [6.45, 7) is 0. The lowest BCUT2D eigenvalue weighted by Crippen LogP contribution is -2.10. The Bertz CT molecular complexity index is 1000. The fraction of sp³-hybridized carbons (Fsp3) is 0. The van der Waals surface area contributed by atoms with E-state index in [0.717, 1.165) is 16.7 Å². The molecule has 0 aliphatic rings. The van der Waals surface area contributed by atoms with E-state index in [1.807, 2.05) is 22.8 Å². The predicted octanol–water partition coefficient (Wildman–Crippen LogP) is 3.85. The fourth-order valence-corrected chi connectivity index (χ4v) is 3.30. The highest BCUT2D eigenvalue weighted by molar-refractivity contribution is 7.08. The molecular formula is C18H13N3OS. The van der Waals surface area contributed by atoms with Crippen molar-refractivity contribution >= 4 is 28.3 Å².